The van der Waals surface area contributed by atoms with Crippen molar-refractivity contribution in [3.8, 4) is 0 Å². The lowest BCUT2D eigenvalue weighted by atomic mass is 10.1. The fourth-order valence-electron chi connectivity index (χ4n) is 1.51. The van der Waals surface area contributed by atoms with E-state index in [1.165, 1.54) is 0 Å². The van der Waals surface area contributed by atoms with Crippen molar-refractivity contribution in [3.63, 3.8) is 0 Å². The second kappa shape index (κ2) is 5.72. The predicted molar refractivity (Wildman–Crippen MR) is 67.8 cm³/mol. The van der Waals surface area contributed by atoms with Gasteiger partial charge in [-0.3, -0.25) is 0 Å². The van der Waals surface area contributed by atoms with Gasteiger partial charge in [-0.25, -0.2) is 4.79 Å². The summed E-state index contributed by atoms with van der Waals surface area (Å²) in [6.07, 6.45) is 0. The van der Waals surface area contributed by atoms with Crippen LogP contribution in [0, 0.1) is 0 Å². The van der Waals surface area contributed by atoms with E-state index < -0.39 is 12.0 Å². The molecule has 90 valence electrons. The Hall–Kier alpha value is -2.49. The van der Waals surface area contributed by atoms with Crippen molar-refractivity contribution in [3.05, 3.63) is 66.2 Å². The summed E-state index contributed by atoms with van der Waals surface area (Å²) < 4.78 is 0. The highest BCUT2D eigenvalue weighted by atomic mass is 16.4. The minimum atomic E-state index is -1.01. The molecule has 0 aliphatic carbocycles. The van der Waals surface area contributed by atoms with Crippen LogP contribution < -0.4 is 0 Å². The van der Waals surface area contributed by atoms with E-state index in [1.807, 2.05) is 24.3 Å². The van der Waals surface area contributed by atoms with Gasteiger partial charge >= 0.3 is 5.97 Å². The first-order valence-corrected chi connectivity index (χ1v) is 5.51. The summed E-state index contributed by atoms with van der Waals surface area (Å²) in [7, 11) is 0. The Morgan fingerprint density at radius 3 is 2.06 bits per heavy atom. The van der Waals surface area contributed by atoms with Crippen LogP contribution in [0.1, 0.15) is 11.6 Å². The van der Waals surface area contributed by atoms with Gasteiger partial charge in [0.05, 0.1) is 5.69 Å². The van der Waals surface area contributed by atoms with E-state index in [9.17, 15) is 4.79 Å². The van der Waals surface area contributed by atoms with Crippen molar-refractivity contribution < 1.29 is 9.90 Å². The molecule has 0 amide bonds. The summed E-state index contributed by atoms with van der Waals surface area (Å²) in [5.41, 5.74) is 1.25. The molecule has 0 aliphatic heterocycles. The molecule has 4 nitrogen and oxygen atoms in total. The first-order chi connectivity index (χ1) is 8.77. The smallest absolute Gasteiger partial charge is 0.335 e. The molecular weight excluding hydrogens is 228 g/mol. The lowest BCUT2D eigenvalue weighted by Crippen LogP contribution is -2.08. The molecule has 1 unspecified atom stereocenters. The lowest BCUT2D eigenvalue weighted by Gasteiger charge is -2.05. The van der Waals surface area contributed by atoms with E-state index >= 15 is 0 Å². The molecule has 0 fully saturated rings. The standard InChI is InChI=1S/C14H12N2O2/c17-14(18)13(11-7-3-1-4-8-11)16-15-12-9-5-2-6-10-12/h1-10,13H,(H,17,18). The van der Waals surface area contributed by atoms with Gasteiger partial charge in [0, 0.05) is 0 Å². The van der Waals surface area contributed by atoms with Gasteiger partial charge in [-0.15, -0.1) is 0 Å². The van der Waals surface area contributed by atoms with Crippen LogP contribution in [0.3, 0.4) is 0 Å². The summed E-state index contributed by atoms with van der Waals surface area (Å²) in [6, 6.07) is 16.9. The highest BCUT2D eigenvalue weighted by Gasteiger charge is 2.18. The SMILES string of the molecule is O=C(O)C(N=Nc1ccccc1)c1ccccc1. The summed E-state index contributed by atoms with van der Waals surface area (Å²) >= 11 is 0. The molecule has 0 aromatic heterocycles. The Bertz CT molecular complexity index is 538. The second-order valence-electron chi connectivity index (χ2n) is 3.70. The maximum atomic E-state index is 11.2. The van der Waals surface area contributed by atoms with E-state index in [1.54, 1.807) is 36.4 Å². The van der Waals surface area contributed by atoms with Crippen LogP contribution in [0.2, 0.25) is 0 Å². The molecule has 1 N–H and O–H groups in total. The molecule has 0 aliphatic rings. The zero-order valence-electron chi connectivity index (χ0n) is 9.60. The van der Waals surface area contributed by atoms with E-state index in [2.05, 4.69) is 10.2 Å². The Labute approximate surface area is 105 Å². The average molecular weight is 240 g/mol. The molecule has 2 aromatic rings. The Morgan fingerprint density at radius 1 is 0.944 bits per heavy atom. The van der Waals surface area contributed by atoms with E-state index in [0.29, 0.717) is 11.3 Å². The zero-order chi connectivity index (χ0) is 12.8. The number of carboxylic acid groups (broad SMARTS) is 1. The molecule has 0 bridgehead atoms. The number of aliphatic carboxylic acids is 1. The molecule has 0 spiro atoms. The van der Waals surface area contributed by atoms with Crippen LogP contribution >= 0.6 is 0 Å². The summed E-state index contributed by atoms with van der Waals surface area (Å²) in [5, 5.41) is 17.0. The molecule has 2 aromatic carbocycles. The molecule has 0 radical (unpaired) electrons. The van der Waals surface area contributed by atoms with Crippen LogP contribution in [0.25, 0.3) is 0 Å². The monoisotopic (exact) mass is 240 g/mol. The van der Waals surface area contributed by atoms with Crippen molar-refractivity contribution in [1.29, 1.82) is 0 Å². The Morgan fingerprint density at radius 2 is 1.50 bits per heavy atom. The van der Waals surface area contributed by atoms with Crippen LogP contribution in [-0.2, 0) is 4.79 Å². The minimum absolute atomic E-state index is 0.615. The maximum absolute atomic E-state index is 11.2. The van der Waals surface area contributed by atoms with E-state index in [0.717, 1.165) is 0 Å². The van der Waals surface area contributed by atoms with E-state index in [4.69, 9.17) is 5.11 Å². The van der Waals surface area contributed by atoms with Crippen molar-refractivity contribution in [2.45, 2.75) is 6.04 Å². The van der Waals surface area contributed by atoms with E-state index in [-0.39, 0.29) is 0 Å². The number of benzene rings is 2. The summed E-state index contributed by atoms with van der Waals surface area (Å²) in [4.78, 5) is 11.2. The molecule has 18 heavy (non-hydrogen) atoms. The number of nitrogens with zero attached hydrogens (tertiary/aromatic N) is 2. The highest BCUT2D eigenvalue weighted by molar-refractivity contribution is 5.75. The number of carboxylic acids is 1. The van der Waals surface area contributed by atoms with Gasteiger partial charge in [0.1, 0.15) is 0 Å². The highest BCUT2D eigenvalue weighted by Crippen LogP contribution is 2.20. The molecule has 1 atom stereocenters. The van der Waals surface area contributed by atoms with Crippen molar-refractivity contribution in [2.24, 2.45) is 10.2 Å². The van der Waals surface area contributed by atoms with Crippen LogP contribution in [0.15, 0.2) is 70.9 Å². The number of carbonyl (C=O) groups is 1. The van der Waals surface area contributed by atoms with Gasteiger partial charge in [-0.2, -0.15) is 10.2 Å². The Balaban J connectivity index is 2.23. The first kappa shape index (κ1) is 12.0. The predicted octanol–water partition coefficient (Wildman–Crippen LogP) is 3.60. The fraction of sp³-hybridized carbons (Fsp3) is 0.0714. The quantitative estimate of drug-likeness (QED) is 0.830. The lowest BCUT2D eigenvalue weighted by molar-refractivity contribution is -0.138. The molecular formula is C14H12N2O2. The van der Waals surface area contributed by atoms with Gasteiger partial charge in [-0.05, 0) is 17.7 Å². The van der Waals surface area contributed by atoms with Crippen molar-refractivity contribution >= 4 is 11.7 Å². The van der Waals surface area contributed by atoms with Crippen LogP contribution in [-0.4, -0.2) is 11.1 Å². The summed E-state index contributed by atoms with van der Waals surface area (Å²) in [6.45, 7) is 0. The summed E-state index contributed by atoms with van der Waals surface area (Å²) in [5.74, 6) is -1.01. The zero-order valence-corrected chi connectivity index (χ0v) is 9.60. The fourth-order valence-corrected chi connectivity index (χ4v) is 1.51. The van der Waals surface area contributed by atoms with Crippen LogP contribution in [0.5, 0.6) is 0 Å². The van der Waals surface area contributed by atoms with Crippen molar-refractivity contribution in [2.75, 3.05) is 0 Å². The molecule has 2 rings (SSSR count). The van der Waals surface area contributed by atoms with Gasteiger partial charge in [0.25, 0.3) is 0 Å². The third-order valence-corrected chi connectivity index (χ3v) is 2.39. The van der Waals surface area contributed by atoms with Gasteiger partial charge in [-0.1, -0.05) is 48.5 Å². The third-order valence-electron chi connectivity index (χ3n) is 2.39. The van der Waals surface area contributed by atoms with Gasteiger partial charge in [0.15, 0.2) is 6.04 Å². The first-order valence-electron chi connectivity index (χ1n) is 5.51. The topological polar surface area (TPSA) is 62.0 Å². The van der Waals surface area contributed by atoms with Gasteiger partial charge in [0.2, 0.25) is 0 Å². The minimum Gasteiger partial charge on any atom is -0.479 e. The number of azo groups is 1. The Kier molecular flexibility index (Phi) is 3.81. The molecule has 0 saturated heterocycles. The van der Waals surface area contributed by atoms with Gasteiger partial charge < -0.3 is 5.11 Å². The number of hydrogen-bond donors (Lipinski definition) is 1. The number of hydrogen-bond acceptors (Lipinski definition) is 3. The average Bonchev–Trinajstić information content (AvgIpc) is 2.41. The third kappa shape index (κ3) is 3.01. The molecule has 0 saturated carbocycles. The normalized spacial score (nSPS) is 12.4. The number of rotatable bonds is 4. The maximum Gasteiger partial charge on any atom is 0.335 e. The molecule has 4 heteroatoms. The van der Waals surface area contributed by atoms with Crippen molar-refractivity contribution in [1.82, 2.24) is 0 Å². The second-order valence-corrected chi connectivity index (χ2v) is 3.70. The largest absolute Gasteiger partial charge is 0.479 e. The molecule has 0 heterocycles. The van der Waals surface area contributed by atoms with Crippen LogP contribution in [0.4, 0.5) is 5.69 Å².